The van der Waals surface area contributed by atoms with Gasteiger partial charge in [0.15, 0.2) is 28.9 Å². The summed E-state index contributed by atoms with van der Waals surface area (Å²) < 4.78 is 13.7. The van der Waals surface area contributed by atoms with Crippen LogP contribution in [0.25, 0.3) is 11.2 Å². The molecule has 2 aromatic heterocycles. The van der Waals surface area contributed by atoms with Crippen molar-refractivity contribution in [1.82, 2.24) is 25.3 Å². The van der Waals surface area contributed by atoms with Gasteiger partial charge in [-0.25, -0.2) is 19.3 Å². The first-order valence-corrected chi connectivity index (χ1v) is 10.2. The first kappa shape index (κ1) is 23.6. The van der Waals surface area contributed by atoms with E-state index in [9.17, 15) is 23.6 Å². The third kappa shape index (κ3) is 6.03. The minimum absolute atomic E-state index is 0.146. The second-order valence-corrected chi connectivity index (χ2v) is 7.57. The molecule has 1 aromatic carbocycles. The molecule has 0 bridgehead atoms. The highest BCUT2D eigenvalue weighted by Gasteiger charge is 2.24. The third-order valence-electron chi connectivity index (χ3n) is 4.89. The highest BCUT2D eigenvalue weighted by atomic mass is 18.2. The molecule has 0 fully saturated rings. The van der Waals surface area contributed by atoms with Gasteiger partial charge in [-0.3, -0.25) is 19.2 Å². The van der Waals surface area contributed by atoms with Gasteiger partial charge in [0.05, 0.1) is 24.5 Å². The molecule has 3 aromatic rings. The molecule has 33 heavy (non-hydrogen) atoms. The van der Waals surface area contributed by atoms with Gasteiger partial charge in [-0.05, 0) is 45.0 Å². The van der Waals surface area contributed by atoms with Crippen molar-refractivity contribution in [2.45, 2.75) is 46.0 Å². The molecule has 0 saturated carbocycles. The molecule has 2 heterocycles. The van der Waals surface area contributed by atoms with Crippen molar-refractivity contribution in [3.63, 3.8) is 0 Å². The van der Waals surface area contributed by atoms with Crippen molar-refractivity contribution in [2.24, 2.45) is 0 Å². The molecular formula is C22H23FN6O4. The number of hydrogen-bond acceptors (Lipinski definition) is 8. The van der Waals surface area contributed by atoms with Crippen LogP contribution in [0, 0.1) is 6.92 Å². The van der Waals surface area contributed by atoms with Crippen molar-refractivity contribution in [1.29, 1.82) is 0 Å². The lowest BCUT2D eigenvalue weighted by Gasteiger charge is -2.17. The van der Waals surface area contributed by atoms with E-state index in [4.69, 9.17) is 0 Å². The third-order valence-corrected chi connectivity index (χ3v) is 4.89. The number of fused-ring (bicyclic) bond motifs is 1. The van der Waals surface area contributed by atoms with E-state index in [1.807, 2.05) is 0 Å². The quantitative estimate of drug-likeness (QED) is 0.443. The Balaban J connectivity index is 1.63. The predicted octanol–water partition coefficient (Wildman–Crippen LogP) is 1.64. The number of alkyl halides is 1. The number of nitrogens with one attached hydrogen (secondary N) is 3. The summed E-state index contributed by atoms with van der Waals surface area (Å²) in [4.78, 5) is 62.5. The zero-order chi connectivity index (χ0) is 24.1. The zero-order valence-corrected chi connectivity index (χ0v) is 18.3. The highest BCUT2D eigenvalue weighted by molar-refractivity contribution is 5.98. The predicted molar refractivity (Wildman–Crippen MR) is 119 cm³/mol. The molecule has 2 atom stereocenters. The number of carbonyl (C=O) groups is 3. The summed E-state index contributed by atoms with van der Waals surface area (Å²) >= 11 is 0. The van der Waals surface area contributed by atoms with Crippen molar-refractivity contribution < 1.29 is 18.8 Å². The molecule has 1 amide bonds. The minimum Gasteiger partial charge on any atom is -0.379 e. The van der Waals surface area contributed by atoms with Gasteiger partial charge in [-0.2, -0.15) is 0 Å². The summed E-state index contributed by atoms with van der Waals surface area (Å²) in [5, 5.41) is 5.58. The van der Waals surface area contributed by atoms with E-state index >= 15 is 0 Å². The normalized spacial score (nSPS) is 12.7. The maximum atomic E-state index is 13.7. The highest BCUT2D eigenvalue weighted by Crippen LogP contribution is 2.13. The Labute approximate surface area is 188 Å². The molecular weight excluding hydrogens is 430 g/mol. The number of anilines is 1. The van der Waals surface area contributed by atoms with Crippen LogP contribution < -0.4 is 16.2 Å². The number of nitrogens with zero attached hydrogens (tertiary/aromatic N) is 3. The number of aromatic amines is 1. The molecule has 0 spiro atoms. The molecule has 0 radical (unpaired) electrons. The van der Waals surface area contributed by atoms with Crippen molar-refractivity contribution >= 4 is 34.3 Å². The van der Waals surface area contributed by atoms with Crippen LogP contribution in [-0.4, -0.2) is 49.6 Å². The Kier molecular flexibility index (Phi) is 7.21. The van der Waals surface area contributed by atoms with Crippen LogP contribution in [0.5, 0.6) is 0 Å². The van der Waals surface area contributed by atoms with Crippen molar-refractivity contribution in [3.8, 4) is 0 Å². The summed E-state index contributed by atoms with van der Waals surface area (Å²) in [7, 11) is 0. The number of rotatable bonds is 9. The van der Waals surface area contributed by atoms with Crippen LogP contribution in [0.4, 0.5) is 10.1 Å². The SMILES string of the molecule is CC(=O)C([18F])C[C@@H](NC(=O)c1ccc(NCc2cnc3nc(C)[nH]c(=O)c3n2)cc1)C(C)=O. The number of amides is 1. The summed E-state index contributed by atoms with van der Waals surface area (Å²) in [6.07, 6.45) is -0.704. The summed E-state index contributed by atoms with van der Waals surface area (Å²) in [5.74, 6) is -1.24. The smallest absolute Gasteiger partial charge is 0.279 e. The van der Waals surface area contributed by atoms with Crippen LogP contribution in [0.2, 0.25) is 0 Å². The largest absolute Gasteiger partial charge is 0.379 e. The van der Waals surface area contributed by atoms with Crippen LogP contribution in [0.15, 0.2) is 35.3 Å². The zero-order valence-electron chi connectivity index (χ0n) is 18.3. The number of H-pyrrole nitrogens is 1. The van der Waals surface area contributed by atoms with E-state index in [1.54, 1.807) is 19.1 Å². The van der Waals surface area contributed by atoms with Gasteiger partial charge in [0.1, 0.15) is 5.82 Å². The van der Waals surface area contributed by atoms with E-state index < -0.39 is 36.1 Å². The van der Waals surface area contributed by atoms with Crippen LogP contribution in [-0.2, 0) is 16.1 Å². The van der Waals surface area contributed by atoms with Gasteiger partial charge in [0, 0.05) is 17.7 Å². The monoisotopic (exact) mass is 453 g/mol. The van der Waals surface area contributed by atoms with Crippen LogP contribution >= 0.6 is 0 Å². The molecule has 0 saturated heterocycles. The van der Waals surface area contributed by atoms with Crippen molar-refractivity contribution in [2.75, 3.05) is 5.32 Å². The van der Waals surface area contributed by atoms with Gasteiger partial charge in [-0.15, -0.1) is 0 Å². The summed E-state index contributed by atoms with van der Waals surface area (Å²) in [6, 6.07) is 5.28. The van der Waals surface area contributed by atoms with Gasteiger partial charge in [0.2, 0.25) is 0 Å². The Morgan fingerprint density at radius 1 is 1.09 bits per heavy atom. The standard InChI is InChI=1S/C22H23FN6O4/c1-11(30)17(23)8-18(12(2)31)29-21(32)14-4-6-15(7-5-14)24-9-16-10-25-20-19(28-16)22(33)27-13(3)26-20/h4-7,10,17-18,24H,8-9H2,1-3H3,(H,29,32)(H,25,26,27,33)/t17?,18-/m1/s1/i23-1. The van der Waals surface area contributed by atoms with E-state index in [-0.39, 0.29) is 28.8 Å². The van der Waals surface area contributed by atoms with E-state index in [0.717, 1.165) is 6.92 Å². The Hall–Kier alpha value is -4.02. The van der Waals surface area contributed by atoms with E-state index in [1.165, 1.54) is 25.3 Å². The number of ketones is 2. The molecule has 1 unspecified atom stereocenters. The second-order valence-electron chi connectivity index (χ2n) is 7.57. The molecule has 10 nitrogen and oxygen atoms in total. The number of halogens is 1. The second kappa shape index (κ2) is 10.1. The number of Topliss-reactive ketones (excluding diaryl/α,β-unsaturated/α-hetero) is 2. The van der Waals surface area contributed by atoms with E-state index in [2.05, 4.69) is 30.6 Å². The lowest BCUT2D eigenvalue weighted by atomic mass is 10.0. The topological polar surface area (TPSA) is 147 Å². The van der Waals surface area contributed by atoms with Gasteiger partial charge in [-0.1, -0.05) is 0 Å². The Morgan fingerprint density at radius 2 is 1.79 bits per heavy atom. The number of aromatic nitrogens is 4. The van der Waals surface area contributed by atoms with Crippen LogP contribution in [0.1, 0.15) is 42.1 Å². The number of hydrogen-bond donors (Lipinski definition) is 3. The molecule has 0 aliphatic heterocycles. The first-order valence-electron chi connectivity index (χ1n) is 10.2. The van der Waals surface area contributed by atoms with Crippen LogP contribution in [0.3, 0.4) is 0 Å². The van der Waals surface area contributed by atoms with Crippen molar-refractivity contribution in [3.05, 3.63) is 57.9 Å². The maximum absolute atomic E-state index is 13.7. The molecule has 0 aliphatic carbocycles. The van der Waals surface area contributed by atoms with Gasteiger partial charge >= 0.3 is 0 Å². The molecule has 172 valence electrons. The Morgan fingerprint density at radius 3 is 2.42 bits per heavy atom. The fourth-order valence-corrected chi connectivity index (χ4v) is 3.02. The lowest BCUT2D eigenvalue weighted by Crippen LogP contribution is -2.42. The van der Waals surface area contributed by atoms with E-state index in [0.29, 0.717) is 17.2 Å². The fraction of sp³-hybridized carbons (Fsp3) is 0.318. The Bertz CT molecular complexity index is 1260. The number of aryl methyl sites for hydroxylation is 1. The average molecular weight is 453 g/mol. The number of carbonyl (C=O) groups excluding carboxylic acids is 3. The molecule has 3 rings (SSSR count). The minimum atomic E-state index is -1.82. The molecule has 3 N–H and O–H groups in total. The first-order chi connectivity index (χ1) is 15.6. The summed E-state index contributed by atoms with van der Waals surface area (Å²) in [5.41, 5.74) is 1.51. The maximum Gasteiger partial charge on any atom is 0.279 e. The summed E-state index contributed by atoms with van der Waals surface area (Å²) in [6.45, 7) is 4.25. The fourth-order valence-electron chi connectivity index (χ4n) is 3.02. The molecule has 0 aliphatic rings. The van der Waals surface area contributed by atoms with Gasteiger partial charge in [0.25, 0.3) is 11.5 Å². The van der Waals surface area contributed by atoms with Gasteiger partial charge < -0.3 is 15.6 Å². The average Bonchev–Trinajstić information content (AvgIpc) is 2.77. The molecule has 11 heteroatoms. The lowest BCUT2D eigenvalue weighted by molar-refractivity contribution is -0.123. The number of benzene rings is 1.